The molecule has 1 amide bonds. The molecule has 2 heterocycles. The summed E-state index contributed by atoms with van der Waals surface area (Å²) in [7, 11) is 0. The number of rotatable bonds is 4. The molecule has 2 fully saturated rings. The third-order valence-corrected chi connectivity index (χ3v) is 7.16. The number of hydrogen-bond acceptors (Lipinski definition) is 3. The minimum Gasteiger partial charge on any atom is -0.448 e. The number of carbonyl (C=O) groups is 1. The Balaban J connectivity index is 1.31. The van der Waals surface area contributed by atoms with Crippen LogP contribution in [0.2, 0.25) is 0 Å². The molecule has 4 nitrogen and oxygen atoms in total. The molecule has 5 rings (SSSR count). The van der Waals surface area contributed by atoms with Crippen LogP contribution in [0.3, 0.4) is 0 Å². The van der Waals surface area contributed by atoms with Crippen LogP contribution in [0.4, 0.5) is 4.79 Å². The van der Waals surface area contributed by atoms with Crippen molar-refractivity contribution in [2.45, 2.75) is 56.5 Å². The number of ether oxygens (including phenoxy) is 1. The number of amides is 1. The maximum Gasteiger partial charge on any atom is 0.410 e. The number of nitrogens with zero attached hydrogens (tertiary/aromatic N) is 1. The van der Waals surface area contributed by atoms with Crippen molar-refractivity contribution in [3.63, 3.8) is 0 Å². The Hall–Kier alpha value is -2.33. The Morgan fingerprint density at radius 1 is 0.966 bits per heavy atom. The molecule has 0 spiro atoms. The molecule has 2 aromatic rings. The summed E-state index contributed by atoms with van der Waals surface area (Å²) in [5.41, 5.74) is 5.02. The van der Waals surface area contributed by atoms with Crippen LogP contribution in [0.15, 0.2) is 48.5 Å². The van der Waals surface area contributed by atoms with Crippen molar-refractivity contribution in [2.75, 3.05) is 13.2 Å². The van der Waals surface area contributed by atoms with E-state index in [1.54, 1.807) is 0 Å². The predicted molar refractivity (Wildman–Crippen MR) is 113 cm³/mol. The Morgan fingerprint density at radius 3 is 2.14 bits per heavy atom. The van der Waals surface area contributed by atoms with Gasteiger partial charge in [0.2, 0.25) is 0 Å². The lowest BCUT2D eigenvalue weighted by molar-refractivity contribution is 0.00141. The van der Waals surface area contributed by atoms with Gasteiger partial charge in [0, 0.05) is 24.6 Å². The summed E-state index contributed by atoms with van der Waals surface area (Å²) < 4.78 is 5.95. The fraction of sp³-hybridized carbons (Fsp3) is 0.480. The van der Waals surface area contributed by atoms with E-state index in [0.29, 0.717) is 12.5 Å². The number of fused-ring (bicyclic) bond motifs is 5. The molecule has 1 N–H and O–H groups in total. The standard InChI is InChI=1S/C25H29NO3/c27-13-12-17-14-18-6-5-7-19(15-17)26(18)25(28)29-16-24-22-10-3-1-8-20(22)21-9-2-4-11-23(21)24/h1-4,8-11,17-19,24,27H,5-7,12-16H2. The van der Waals surface area contributed by atoms with Crippen molar-refractivity contribution in [3.05, 3.63) is 59.7 Å². The van der Waals surface area contributed by atoms with Crippen LogP contribution in [-0.2, 0) is 4.74 Å². The van der Waals surface area contributed by atoms with Gasteiger partial charge in [-0.1, -0.05) is 48.5 Å². The number of carbonyl (C=O) groups excluding carboxylic acids is 1. The Bertz CT molecular complexity index is 836. The van der Waals surface area contributed by atoms with E-state index in [1.807, 2.05) is 4.90 Å². The second-order valence-electron chi connectivity index (χ2n) is 8.80. The predicted octanol–water partition coefficient (Wildman–Crippen LogP) is 4.95. The second-order valence-corrected chi connectivity index (χ2v) is 8.80. The fourth-order valence-corrected chi connectivity index (χ4v) is 5.88. The van der Waals surface area contributed by atoms with E-state index >= 15 is 0 Å². The van der Waals surface area contributed by atoms with Crippen LogP contribution in [0.25, 0.3) is 11.1 Å². The molecule has 3 aliphatic rings. The molecule has 29 heavy (non-hydrogen) atoms. The Morgan fingerprint density at radius 2 is 1.55 bits per heavy atom. The molecule has 4 heteroatoms. The average Bonchev–Trinajstić information content (AvgIpc) is 3.05. The molecular formula is C25H29NO3. The summed E-state index contributed by atoms with van der Waals surface area (Å²) in [6.07, 6.45) is 6.01. The lowest BCUT2D eigenvalue weighted by Gasteiger charge is -2.48. The normalized spacial score (nSPS) is 25.4. The van der Waals surface area contributed by atoms with Gasteiger partial charge in [-0.15, -0.1) is 0 Å². The summed E-state index contributed by atoms with van der Waals surface area (Å²) in [4.78, 5) is 15.1. The van der Waals surface area contributed by atoms with E-state index in [0.717, 1.165) is 32.1 Å². The summed E-state index contributed by atoms with van der Waals surface area (Å²) in [5.74, 6) is 0.644. The van der Waals surface area contributed by atoms with E-state index in [9.17, 15) is 9.90 Å². The number of aliphatic hydroxyl groups excluding tert-OH is 1. The molecule has 0 radical (unpaired) electrons. The molecular weight excluding hydrogens is 362 g/mol. The van der Waals surface area contributed by atoms with Gasteiger partial charge in [0.15, 0.2) is 0 Å². The van der Waals surface area contributed by atoms with Gasteiger partial charge in [-0.2, -0.15) is 0 Å². The first-order valence-electron chi connectivity index (χ1n) is 11.0. The summed E-state index contributed by atoms with van der Waals surface area (Å²) >= 11 is 0. The first-order valence-corrected chi connectivity index (χ1v) is 11.0. The Kier molecular flexibility index (Phi) is 5.04. The topological polar surface area (TPSA) is 49.8 Å². The molecule has 2 aliphatic heterocycles. The van der Waals surface area contributed by atoms with Crippen LogP contribution in [0.1, 0.15) is 55.6 Å². The molecule has 2 unspecified atom stereocenters. The van der Waals surface area contributed by atoms with Crippen molar-refractivity contribution < 1.29 is 14.6 Å². The monoisotopic (exact) mass is 391 g/mol. The minimum atomic E-state index is -0.149. The first-order chi connectivity index (χ1) is 14.3. The average molecular weight is 392 g/mol. The van der Waals surface area contributed by atoms with E-state index in [-0.39, 0.29) is 30.7 Å². The molecule has 2 saturated heterocycles. The van der Waals surface area contributed by atoms with E-state index in [2.05, 4.69) is 48.5 Å². The van der Waals surface area contributed by atoms with E-state index < -0.39 is 0 Å². The maximum atomic E-state index is 13.1. The highest BCUT2D eigenvalue weighted by Crippen LogP contribution is 2.45. The van der Waals surface area contributed by atoms with Gasteiger partial charge < -0.3 is 14.7 Å². The maximum absolute atomic E-state index is 13.1. The van der Waals surface area contributed by atoms with Crippen molar-refractivity contribution in [1.82, 2.24) is 4.90 Å². The third kappa shape index (κ3) is 3.33. The highest BCUT2D eigenvalue weighted by molar-refractivity contribution is 5.79. The number of benzene rings is 2. The second kappa shape index (κ2) is 7.83. The largest absolute Gasteiger partial charge is 0.448 e. The quantitative estimate of drug-likeness (QED) is 0.802. The minimum absolute atomic E-state index is 0.109. The van der Waals surface area contributed by atoms with Crippen LogP contribution in [0.5, 0.6) is 0 Å². The molecule has 0 aromatic heterocycles. The summed E-state index contributed by atoms with van der Waals surface area (Å²) in [6, 6.07) is 17.4. The summed E-state index contributed by atoms with van der Waals surface area (Å²) in [6.45, 7) is 0.637. The highest BCUT2D eigenvalue weighted by Gasteiger charge is 2.41. The van der Waals surface area contributed by atoms with Gasteiger partial charge in [-0.25, -0.2) is 4.79 Å². The molecule has 152 valence electrons. The fourth-order valence-electron chi connectivity index (χ4n) is 5.88. The molecule has 2 bridgehead atoms. The van der Waals surface area contributed by atoms with Crippen LogP contribution in [-0.4, -0.2) is 41.4 Å². The third-order valence-electron chi connectivity index (χ3n) is 7.16. The van der Waals surface area contributed by atoms with Gasteiger partial charge in [0.25, 0.3) is 0 Å². The van der Waals surface area contributed by atoms with Crippen molar-refractivity contribution in [2.24, 2.45) is 5.92 Å². The van der Waals surface area contributed by atoms with Crippen LogP contribution >= 0.6 is 0 Å². The van der Waals surface area contributed by atoms with Gasteiger partial charge in [0.05, 0.1) is 0 Å². The van der Waals surface area contributed by atoms with Crippen LogP contribution in [0, 0.1) is 5.92 Å². The van der Waals surface area contributed by atoms with Gasteiger partial charge in [-0.3, -0.25) is 0 Å². The summed E-state index contributed by atoms with van der Waals surface area (Å²) in [5, 5.41) is 9.32. The molecule has 1 aliphatic carbocycles. The van der Waals surface area contributed by atoms with Gasteiger partial charge in [0.1, 0.15) is 6.61 Å². The number of hydrogen-bond donors (Lipinski definition) is 1. The Labute approximate surface area is 172 Å². The van der Waals surface area contributed by atoms with Crippen molar-refractivity contribution in [3.8, 4) is 11.1 Å². The van der Waals surface area contributed by atoms with E-state index in [1.165, 1.54) is 28.7 Å². The van der Waals surface area contributed by atoms with Gasteiger partial charge >= 0.3 is 6.09 Å². The zero-order chi connectivity index (χ0) is 19.8. The van der Waals surface area contributed by atoms with Gasteiger partial charge in [-0.05, 0) is 66.7 Å². The highest BCUT2D eigenvalue weighted by atomic mass is 16.6. The van der Waals surface area contributed by atoms with E-state index in [4.69, 9.17) is 4.74 Å². The molecule has 2 aromatic carbocycles. The lowest BCUT2D eigenvalue weighted by atomic mass is 9.77. The zero-order valence-corrected chi connectivity index (χ0v) is 16.8. The number of aliphatic hydroxyl groups is 1. The first kappa shape index (κ1) is 18.7. The molecule has 2 atom stereocenters. The van der Waals surface area contributed by atoms with Crippen molar-refractivity contribution >= 4 is 6.09 Å². The number of piperidine rings is 2. The smallest absolute Gasteiger partial charge is 0.410 e. The zero-order valence-electron chi connectivity index (χ0n) is 16.8. The SMILES string of the molecule is O=C(OCC1c2ccccc2-c2ccccc21)N1C2CCCC1CC(CCO)C2. The lowest BCUT2D eigenvalue weighted by Crippen LogP contribution is -2.55. The van der Waals surface area contributed by atoms with Crippen molar-refractivity contribution in [1.29, 1.82) is 0 Å². The molecule has 0 saturated carbocycles. The van der Waals surface area contributed by atoms with Crippen LogP contribution < -0.4 is 0 Å².